The SMILES string of the molecule is CCCC(CCCCCCCCCCCCCCCC(C)O)S(=O)(=O)O. The number of hydrogen-bond acceptors (Lipinski definition) is 3. The largest absolute Gasteiger partial charge is 0.393 e. The van der Waals surface area contributed by atoms with Gasteiger partial charge in [0.15, 0.2) is 0 Å². The summed E-state index contributed by atoms with van der Waals surface area (Å²) in [6, 6.07) is 0. The van der Waals surface area contributed by atoms with E-state index in [1.54, 1.807) is 0 Å². The van der Waals surface area contributed by atoms with Crippen molar-refractivity contribution in [3.63, 3.8) is 0 Å². The maximum Gasteiger partial charge on any atom is 0.267 e. The van der Waals surface area contributed by atoms with Gasteiger partial charge in [0, 0.05) is 0 Å². The molecule has 0 aliphatic heterocycles. The number of rotatable bonds is 19. The minimum Gasteiger partial charge on any atom is -0.393 e. The van der Waals surface area contributed by atoms with Gasteiger partial charge < -0.3 is 5.11 Å². The maximum atomic E-state index is 11.3. The summed E-state index contributed by atoms with van der Waals surface area (Å²) in [6.45, 7) is 3.82. The molecule has 0 saturated carbocycles. The van der Waals surface area contributed by atoms with Gasteiger partial charge >= 0.3 is 0 Å². The number of hydrogen-bond donors (Lipinski definition) is 2. The Hall–Kier alpha value is -0.130. The van der Waals surface area contributed by atoms with Crippen LogP contribution in [-0.4, -0.2) is 29.4 Å². The second-order valence-corrected chi connectivity index (χ2v) is 9.64. The van der Waals surface area contributed by atoms with Crippen LogP contribution in [0.5, 0.6) is 0 Å². The first-order valence-corrected chi connectivity index (χ1v) is 12.5. The fourth-order valence-corrected chi connectivity index (χ4v) is 4.52. The van der Waals surface area contributed by atoms with Crippen LogP contribution >= 0.6 is 0 Å². The summed E-state index contributed by atoms with van der Waals surface area (Å²) in [5.74, 6) is 0. The minimum absolute atomic E-state index is 0.143. The molecule has 0 aromatic carbocycles. The molecule has 2 unspecified atom stereocenters. The van der Waals surface area contributed by atoms with E-state index in [4.69, 9.17) is 0 Å². The Balaban J connectivity index is 3.31. The summed E-state index contributed by atoms with van der Waals surface area (Å²) >= 11 is 0. The Labute approximate surface area is 162 Å². The molecule has 0 radical (unpaired) electrons. The molecule has 0 fully saturated rings. The van der Waals surface area contributed by atoms with Gasteiger partial charge in [-0.2, -0.15) is 8.42 Å². The standard InChI is InChI=1S/C21H44O4S/c1-3-17-21(26(23,24)25)19-16-14-12-10-8-6-4-5-7-9-11-13-15-18-20(2)22/h20-22H,3-19H2,1-2H3,(H,23,24,25). The fourth-order valence-electron chi connectivity index (χ4n) is 3.52. The van der Waals surface area contributed by atoms with Gasteiger partial charge in [-0.25, -0.2) is 0 Å². The number of aliphatic hydroxyl groups excluding tert-OH is 1. The Kier molecular flexibility index (Phi) is 16.9. The summed E-state index contributed by atoms with van der Waals surface area (Å²) in [7, 11) is -3.86. The van der Waals surface area contributed by atoms with Crippen LogP contribution < -0.4 is 0 Å². The normalized spacial score (nSPS) is 14.5. The van der Waals surface area contributed by atoms with E-state index < -0.39 is 15.4 Å². The van der Waals surface area contributed by atoms with Crippen molar-refractivity contribution in [3.8, 4) is 0 Å². The van der Waals surface area contributed by atoms with Gasteiger partial charge in [-0.05, 0) is 26.2 Å². The molecule has 4 nitrogen and oxygen atoms in total. The predicted molar refractivity (Wildman–Crippen MR) is 111 cm³/mol. The molecule has 0 rings (SSSR count). The summed E-state index contributed by atoms with van der Waals surface area (Å²) < 4.78 is 31.7. The molecule has 158 valence electrons. The van der Waals surface area contributed by atoms with Crippen LogP contribution in [0, 0.1) is 0 Å². The average Bonchev–Trinajstić information content (AvgIpc) is 2.56. The highest BCUT2D eigenvalue weighted by atomic mass is 32.2. The Morgan fingerprint density at radius 3 is 1.31 bits per heavy atom. The highest BCUT2D eigenvalue weighted by Crippen LogP contribution is 2.17. The predicted octanol–water partition coefficient (Wildman–Crippen LogP) is 6.28. The summed E-state index contributed by atoms with van der Waals surface area (Å²) in [6.07, 6.45) is 18.8. The van der Waals surface area contributed by atoms with Crippen LogP contribution in [0.25, 0.3) is 0 Å². The van der Waals surface area contributed by atoms with E-state index in [1.165, 1.54) is 64.2 Å². The minimum atomic E-state index is -3.86. The lowest BCUT2D eigenvalue weighted by molar-refractivity contribution is 0.180. The van der Waals surface area contributed by atoms with Crippen LogP contribution in [-0.2, 0) is 10.1 Å². The molecular formula is C21H44O4S. The quantitative estimate of drug-likeness (QED) is 0.200. The number of aliphatic hydroxyl groups is 1. The zero-order valence-electron chi connectivity index (χ0n) is 17.3. The Bertz CT molecular complexity index is 393. The molecule has 0 aliphatic carbocycles. The molecule has 0 amide bonds. The lowest BCUT2D eigenvalue weighted by Gasteiger charge is -2.12. The molecule has 0 aliphatic rings. The van der Waals surface area contributed by atoms with E-state index in [1.807, 2.05) is 13.8 Å². The fraction of sp³-hybridized carbons (Fsp3) is 1.00. The van der Waals surface area contributed by atoms with Crippen LogP contribution in [0.3, 0.4) is 0 Å². The van der Waals surface area contributed by atoms with Gasteiger partial charge in [-0.1, -0.05) is 96.8 Å². The first-order chi connectivity index (χ1) is 12.4. The van der Waals surface area contributed by atoms with Crippen LogP contribution in [0.4, 0.5) is 0 Å². The van der Waals surface area contributed by atoms with Crippen molar-refractivity contribution in [1.29, 1.82) is 0 Å². The Morgan fingerprint density at radius 1 is 0.654 bits per heavy atom. The third kappa shape index (κ3) is 17.3. The van der Waals surface area contributed by atoms with E-state index in [0.717, 1.165) is 32.1 Å². The molecule has 0 saturated heterocycles. The highest BCUT2D eigenvalue weighted by Gasteiger charge is 2.20. The molecule has 5 heteroatoms. The summed E-state index contributed by atoms with van der Waals surface area (Å²) in [4.78, 5) is 0. The molecule has 2 atom stereocenters. The van der Waals surface area contributed by atoms with E-state index >= 15 is 0 Å². The molecule has 0 spiro atoms. The first kappa shape index (κ1) is 25.9. The lowest BCUT2D eigenvalue weighted by Crippen LogP contribution is -2.20. The van der Waals surface area contributed by atoms with Gasteiger partial charge in [0.05, 0.1) is 11.4 Å². The van der Waals surface area contributed by atoms with Crippen molar-refractivity contribution in [1.82, 2.24) is 0 Å². The van der Waals surface area contributed by atoms with Gasteiger partial charge in [0.2, 0.25) is 0 Å². The molecule has 0 heterocycles. The van der Waals surface area contributed by atoms with Crippen molar-refractivity contribution < 1.29 is 18.1 Å². The van der Waals surface area contributed by atoms with E-state index in [-0.39, 0.29) is 6.10 Å². The summed E-state index contributed by atoms with van der Waals surface area (Å²) in [5.41, 5.74) is 0. The van der Waals surface area contributed by atoms with Crippen LogP contribution in [0.15, 0.2) is 0 Å². The zero-order chi connectivity index (χ0) is 19.7. The van der Waals surface area contributed by atoms with E-state index in [2.05, 4.69) is 0 Å². The maximum absolute atomic E-state index is 11.3. The van der Waals surface area contributed by atoms with Crippen molar-refractivity contribution in [2.24, 2.45) is 0 Å². The van der Waals surface area contributed by atoms with Gasteiger partial charge in [-0.15, -0.1) is 0 Å². The molecule has 2 N–H and O–H groups in total. The number of unbranched alkanes of at least 4 members (excludes halogenated alkanes) is 12. The Morgan fingerprint density at radius 2 is 1.00 bits per heavy atom. The van der Waals surface area contributed by atoms with Crippen molar-refractivity contribution in [3.05, 3.63) is 0 Å². The summed E-state index contributed by atoms with van der Waals surface area (Å²) in [5, 5.41) is 8.63. The third-order valence-corrected chi connectivity index (χ3v) is 6.49. The average molecular weight is 393 g/mol. The first-order valence-electron chi connectivity index (χ1n) is 11.0. The van der Waals surface area contributed by atoms with Gasteiger partial charge in [0.1, 0.15) is 0 Å². The van der Waals surface area contributed by atoms with Crippen molar-refractivity contribution >= 4 is 10.1 Å². The van der Waals surface area contributed by atoms with Crippen molar-refractivity contribution in [2.45, 2.75) is 134 Å². The monoisotopic (exact) mass is 392 g/mol. The van der Waals surface area contributed by atoms with Crippen LogP contribution in [0.1, 0.15) is 123 Å². The molecule has 0 aromatic rings. The molecule has 0 bridgehead atoms. The van der Waals surface area contributed by atoms with Gasteiger partial charge in [-0.3, -0.25) is 4.55 Å². The van der Waals surface area contributed by atoms with Crippen LogP contribution in [0.2, 0.25) is 0 Å². The molecule has 26 heavy (non-hydrogen) atoms. The highest BCUT2D eigenvalue weighted by molar-refractivity contribution is 7.86. The van der Waals surface area contributed by atoms with E-state index in [0.29, 0.717) is 12.8 Å². The molecular weight excluding hydrogens is 348 g/mol. The second-order valence-electron chi connectivity index (χ2n) is 7.95. The molecule has 0 aromatic heterocycles. The van der Waals surface area contributed by atoms with Gasteiger partial charge in [0.25, 0.3) is 10.1 Å². The smallest absolute Gasteiger partial charge is 0.267 e. The zero-order valence-corrected chi connectivity index (χ0v) is 18.1. The lowest BCUT2D eigenvalue weighted by atomic mass is 10.0. The topological polar surface area (TPSA) is 74.6 Å². The van der Waals surface area contributed by atoms with Crippen molar-refractivity contribution in [2.75, 3.05) is 0 Å². The third-order valence-electron chi connectivity index (χ3n) is 5.18. The second kappa shape index (κ2) is 17.0. The van der Waals surface area contributed by atoms with E-state index in [9.17, 15) is 18.1 Å².